The second-order valence-corrected chi connectivity index (χ2v) is 6.63. The minimum atomic E-state index is -1.32. The van der Waals surface area contributed by atoms with Crippen molar-refractivity contribution >= 4 is 23.7 Å². The van der Waals surface area contributed by atoms with E-state index in [-0.39, 0.29) is 18.6 Å². The van der Waals surface area contributed by atoms with E-state index in [1.165, 1.54) is 7.05 Å². The smallest absolute Gasteiger partial charge is 0.321 e. The van der Waals surface area contributed by atoms with Gasteiger partial charge < -0.3 is 19.5 Å². The Morgan fingerprint density at radius 1 is 0.968 bits per heavy atom. The number of fused-ring (bicyclic) bond motifs is 1. The predicted molar refractivity (Wildman–Crippen MR) is 109 cm³/mol. The number of urea groups is 1. The Bertz CT molecular complexity index is 975. The number of ketones is 1. The van der Waals surface area contributed by atoms with E-state index in [1.54, 1.807) is 48.5 Å². The molecule has 0 aliphatic carbocycles. The van der Waals surface area contributed by atoms with Crippen molar-refractivity contribution in [2.75, 3.05) is 20.3 Å². The third-order valence-electron chi connectivity index (χ3n) is 4.47. The van der Waals surface area contributed by atoms with Gasteiger partial charge in [0.05, 0.1) is 6.42 Å². The molecule has 0 saturated carbocycles. The van der Waals surface area contributed by atoms with Crippen molar-refractivity contribution in [2.45, 2.75) is 18.9 Å². The predicted octanol–water partition coefficient (Wildman–Crippen LogP) is 2.16. The Labute approximate surface area is 178 Å². The molecule has 2 aromatic rings. The average molecular weight is 426 g/mol. The van der Waals surface area contributed by atoms with E-state index in [0.29, 0.717) is 35.8 Å². The van der Waals surface area contributed by atoms with Gasteiger partial charge in [-0.2, -0.15) is 0 Å². The zero-order valence-electron chi connectivity index (χ0n) is 16.9. The number of esters is 1. The summed E-state index contributed by atoms with van der Waals surface area (Å²) in [4.78, 5) is 48.7. The molecule has 1 aliphatic rings. The molecule has 3 amide bonds. The van der Waals surface area contributed by atoms with Crippen molar-refractivity contribution in [2.24, 2.45) is 0 Å². The molecule has 0 bridgehead atoms. The van der Waals surface area contributed by atoms with Gasteiger partial charge in [0.2, 0.25) is 6.10 Å². The standard InChI is InChI=1S/C22H22N2O7/c1-23-22(28)24-21(27)20(14-5-3-2-4-6-14)31-19(26)10-8-16(25)15-7-9-17-18(13-15)30-12-11-29-17/h2-7,9,13,20H,8,10-12H2,1H3,(H2,23,24,27,28)/t20-/m0/s1. The molecular weight excluding hydrogens is 404 g/mol. The lowest BCUT2D eigenvalue weighted by Gasteiger charge is -2.19. The number of imide groups is 1. The molecule has 162 valence electrons. The second-order valence-electron chi connectivity index (χ2n) is 6.63. The molecule has 3 rings (SSSR count). The van der Waals surface area contributed by atoms with E-state index < -0.39 is 24.0 Å². The lowest BCUT2D eigenvalue weighted by Crippen LogP contribution is -2.41. The summed E-state index contributed by atoms with van der Waals surface area (Å²) in [5.74, 6) is -0.770. The number of nitrogens with one attached hydrogen (secondary N) is 2. The van der Waals surface area contributed by atoms with Crippen LogP contribution in [0.3, 0.4) is 0 Å². The quantitative estimate of drug-likeness (QED) is 0.514. The number of rotatable bonds is 7. The van der Waals surface area contributed by atoms with Crippen molar-refractivity contribution in [1.29, 1.82) is 0 Å². The molecule has 2 N–H and O–H groups in total. The van der Waals surface area contributed by atoms with E-state index in [1.807, 2.05) is 0 Å². The van der Waals surface area contributed by atoms with Crippen molar-refractivity contribution in [3.63, 3.8) is 0 Å². The van der Waals surface area contributed by atoms with E-state index >= 15 is 0 Å². The van der Waals surface area contributed by atoms with Crippen LogP contribution in [0, 0.1) is 0 Å². The summed E-state index contributed by atoms with van der Waals surface area (Å²) in [5.41, 5.74) is 0.782. The Hall–Kier alpha value is -3.88. The molecule has 31 heavy (non-hydrogen) atoms. The maximum absolute atomic E-state index is 12.5. The Balaban J connectivity index is 1.62. The normalized spacial score (nSPS) is 12.9. The summed E-state index contributed by atoms with van der Waals surface area (Å²) < 4.78 is 16.2. The van der Waals surface area contributed by atoms with Gasteiger partial charge in [-0.15, -0.1) is 0 Å². The van der Waals surface area contributed by atoms with Crippen LogP contribution in [-0.2, 0) is 14.3 Å². The summed E-state index contributed by atoms with van der Waals surface area (Å²) >= 11 is 0. The fraction of sp³-hybridized carbons (Fsp3) is 0.273. The molecular formula is C22H22N2O7. The lowest BCUT2D eigenvalue weighted by molar-refractivity contribution is -0.156. The molecule has 0 fully saturated rings. The molecule has 0 aromatic heterocycles. The fourth-order valence-corrected chi connectivity index (χ4v) is 2.91. The highest BCUT2D eigenvalue weighted by Crippen LogP contribution is 2.31. The van der Waals surface area contributed by atoms with Gasteiger partial charge in [0.1, 0.15) is 13.2 Å². The van der Waals surface area contributed by atoms with Gasteiger partial charge in [-0.1, -0.05) is 30.3 Å². The van der Waals surface area contributed by atoms with Gasteiger partial charge in [-0.3, -0.25) is 19.7 Å². The first-order valence-corrected chi connectivity index (χ1v) is 9.68. The Morgan fingerprint density at radius 3 is 2.39 bits per heavy atom. The van der Waals surface area contributed by atoms with E-state index in [0.717, 1.165) is 0 Å². The number of benzene rings is 2. The summed E-state index contributed by atoms with van der Waals surface area (Å²) in [6.07, 6.45) is -1.67. The van der Waals surface area contributed by atoms with Crippen molar-refractivity contribution in [3.05, 3.63) is 59.7 Å². The van der Waals surface area contributed by atoms with Gasteiger partial charge in [-0.05, 0) is 18.2 Å². The van der Waals surface area contributed by atoms with Crippen molar-refractivity contribution < 1.29 is 33.4 Å². The van der Waals surface area contributed by atoms with Crippen LogP contribution in [0.2, 0.25) is 0 Å². The Morgan fingerprint density at radius 2 is 1.68 bits per heavy atom. The summed E-state index contributed by atoms with van der Waals surface area (Å²) in [6, 6.07) is 12.4. The zero-order chi connectivity index (χ0) is 22.2. The number of amides is 3. The first-order chi connectivity index (χ1) is 15.0. The molecule has 0 saturated heterocycles. The van der Waals surface area contributed by atoms with Crippen molar-refractivity contribution in [1.82, 2.24) is 10.6 Å². The van der Waals surface area contributed by atoms with Crippen LogP contribution in [0.15, 0.2) is 48.5 Å². The topological polar surface area (TPSA) is 120 Å². The molecule has 1 aliphatic heterocycles. The minimum absolute atomic E-state index is 0.114. The van der Waals surface area contributed by atoms with E-state index in [4.69, 9.17) is 14.2 Å². The third-order valence-corrected chi connectivity index (χ3v) is 4.47. The molecule has 9 heteroatoms. The Kier molecular flexibility index (Phi) is 7.21. The molecule has 1 heterocycles. The molecule has 9 nitrogen and oxygen atoms in total. The van der Waals surface area contributed by atoms with Crippen LogP contribution in [0.25, 0.3) is 0 Å². The second kappa shape index (κ2) is 10.2. The molecule has 0 spiro atoms. The maximum atomic E-state index is 12.5. The van der Waals surface area contributed by atoms with Crippen LogP contribution in [0.1, 0.15) is 34.9 Å². The highest BCUT2D eigenvalue weighted by Gasteiger charge is 2.26. The first-order valence-electron chi connectivity index (χ1n) is 9.68. The third kappa shape index (κ3) is 5.81. The largest absolute Gasteiger partial charge is 0.486 e. The summed E-state index contributed by atoms with van der Waals surface area (Å²) in [7, 11) is 1.36. The number of carbonyl (C=O) groups is 4. The molecule has 2 aromatic carbocycles. The molecule has 0 radical (unpaired) electrons. The number of carbonyl (C=O) groups excluding carboxylic acids is 4. The van der Waals surface area contributed by atoms with Crippen LogP contribution in [0.5, 0.6) is 11.5 Å². The SMILES string of the molecule is CNC(=O)NC(=O)[C@@H](OC(=O)CCC(=O)c1ccc2c(c1)OCCO2)c1ccccc1. The number of hydrogen-bond acceptors (Lipinski definition) is 7. The van der Waals surface area contributed by atoms with Gasteiger partial charge in [0.25, 0.3) is 5.91 Å². The maximum Gasteiger partial charge on any atom is 0.321 e. The highest BCUT2D eigenvalue weighted by atomic mass is 16.6. The lowest BCUT2D eigenvalue weighted by atomic mass is 10.1. The van der Waals surface area contributed by atoms with Gasteiger partial charge in [-0.25, -0.2) is 4.79 Å². The van der Waals surface area contributed by atoms with Crippen molar-refractivity contribution in [3.8, 4) is 11.5 Å². The van der Waals surface area contributed by atoms with E-state index in [2.05, 4.69) is 10.6 Å². The summed E-state index contributed by atoms with van der Waals surface area (Å²) in [6.45, 7) is 0.845. The highest BCUT2D eigenvalue weighted by molar-refractivity contribution is 5.99. The average Bonchev–Trinajstić information content (AvgIpc) is 2.81. The molecule has 0 unspecified atom stereocenters. The first kappa shape index (κ1) is 21.8. The van der Waals surface area contributed by atoms with E-state index in [9.17, 15) is 19.2 Å². The number of hydrogen-bond donors (Lipinski definition) is 2. The van der Waals surface area contributed by atoms with Gasteiger partial charge in [0, 0.05) is 24.6 Å². The van der Waals surface area contributed by atoms with Crippen LogP contribution in [0.4, 0.5) is 4.79 Å². The summed E-state index contributed by atoms with van der Waals surface area (Å²) in [5, 5.41) is 4.35. The number of Topliss-reactive ketones (excluding diaryl/α,β-unsaturated/α-hetero) is 1. The van der Waals surface area contributed by atoms with Crippen LogP contribution < -0.4 is 20.1 Å². The van der Waals surface area contributed by atoms with Crippen LogP contribution >= 0.6 is 0 Å². The molecule has 1 atom stereocenters. The van der Waals surface area contributed by atoms with Crippen LogP contribution in [-0.4, -0.2) is 44.0 Å². The fourth-order valence-electron chi connectivity index (χ4n) is 2.91. The zero-order valence-corrected chi connectivity index (χ0v) is 16.9. The monoisotopic (exact) mass is 426 g/mol. The number of ether oxygens (including phenoxy) is 3. The van der Waals surface area contributed by atoms with Gasteiger partial charge >= 0.3 is 12.0 Å². The van der Waals surface area contributed by atoms with Gasteiger partial charge in [0.15, 0.2) is 17.3 Å². The minimum Gasteiger partial charge on any atom is -0.486 e.